The molecule has 0 saturated carbocycles. The van der Waals surface area contributed by atoms with Crippen molar-refractivity contribution in [2.75, 3.05) is 25.2 Å². The van der Waals surface area contributed by atoms with E-state index in [4.69, 9.17) is 4.74 Å². The number of ether oxygens (including phenoxy) is 1. The van der Waals surface area contributed by atoms with Crippen LogP contribution in [0, 0.1) is 0 Å². The summed E-state index contributed by atoms with van der Waals surface area (Å²) in [4.78, 5) is 38.6. The van der Waals surface area contributed by atoms with Gasteiger partial charge in [0.15, 0.2) is 0 Å². The van der Waals surface area contributed by atoms with E-state index >= 15 is 0 Å². The molecule has 2 aromatic rings. The Hall–Kier alpha value is -2.80. The Morgan fingerprint density at radius 1 is 1.11 bits per heavy atom. The molecule has 7 heteroatoms. The van der Waals surface area contributed by atoms with Gasteiger partial charge in [0.2, 0.25) is 5.91 Å². The standard InChI is InChI=1S/C20H20N2O4S/c1-22-19(24)15-5-3-6-16(18(15)20(22)25)21-17(23)7-4-12-27-14-10-8-13(26-2)9-11-14/h3,5-6,8-11H,4,7,12H2,1-2H3,(H,21,23). The van der Waals surface area contributed by atoms with Gasteiger partial charge in [-0.2, -0.15) is 0 Å². The van der Waals surface area contributed by atoms with Crippen LogP contribution in [-0.2, 0) is 4.79 Å². The number of nitrogens with zero attached hydrogens (tertiary/aromatic N) is 1. The molecule has 1 heterocycles. The lowest BCUT2D eigenvalue weighted by Gasteiger charge is -2.09. The average Bonchev–Trinajstić information content (AvgIpc) is 2.91. The van der Waals surface area contributed by atoms with Crippen LogP contribution >= 0.6 is 11.8 Å². The van der Waals surface area contributed by atoms with E-state index in [0.717, 1.165) is 21.3 Å². The summed E-state index contributed by atoms with van der Waals surface area (Å²) in [5.74, 6) is 0.705. The summed E-state index contributed by atoms with van der Waals surface area (Å²) in [7, 11) is 3.07. The molecule has 3 amide bonds. The molecule has 6 nitrogen and oxygen atoms in total. The SMILES string of the molecule is COc1ccc(SCCCC(=O)Nc2cccc3c2C(=O)N(C)C3=O)cc1. The third-order valence-electron chi connectivity index (χ3n) is 4.27. The van der Waals surface area contributed by atoms with Gasteiger partial charge < -0.3 is 10.1 Å². The lowest BCUT2D eigenvalue weighted by Crippen LogP contribution is -2.24. The number of fused-ring (bicyclic) bond motifs is 1. The first kappa shape index (κ1) is 19.0. The highest BCUT2D eigenvalue weighted by molar-refractivity contribution is 7.99. The molecule has 27 heavy (non-hydrogen) atoms. The Kier molecular flexibility index (Phi) is 5.81. The molecule has 0 atom stereocenters. The third kappa shape index (κ3) is 4.14. The number of anilines is 1. The predicted octanol–water partition coefficient (Wildman–Crippen LogP) is 3.43. The number of carbonyl (C=O) groups is 3. The van der Waals surface area contributed by atoms with Gasteiger partial charge in [0.1, 0.15) is 5.75 Å². The molecule has 0 bridgehead atoms. The Labute approximate surface area is 161 Å². The predicted molar refractivity (Wildman–Crippen MR) is 104 cm³/mol. The first-order valence-electron chi connectivity index (χ1n) is 8.53. The van der Waals surface area contributed by atoms with E-state index in [1.54, 1.807) is 37.1 Å². The molecule has 1 N–H and O–H groups in total. The van der Waals surface area contributed by atoms with Crippen LogP contribution in [0.3, 0.4) is 0 Å². The molecular formula is C20H20N2O4S. The van der Waals surface area contributed by atoms with Crippen molar-refractivity contribution in [3.8, 4) is 5.75 Å². The van der Waals surface area contributed by atoms with Crippen LogP contribution in [0.15, 0.2) is 47.4 Å². The summed E-state index contributed by atoms with van der Waals surface area (Å²) in [6.07, 6.45) is 1.04. The number of imide groups is 1. The van der Waals surface area contributed by atoms with Gasteiger partial charge in [-0.05, 0) is 48.6 Å². The van der Waals surface area contributed by atoms with E-state index in [1.165, 1.54) is 7.05 Å². The van der Waals surface area contributed by atoms with Crippen LogP contribution in [0.1, 0.15) is 33.6 Å². The number of carbonyl (C=O) groups excluding carboxylic acids is 3. The zero-order valence-electron chi connectivity index (χ0n) is 15.2. The Morgan fingerprint density at radius 2 is 1.85 bits per heavy atom. The fraction of sp³-hybridized carbons (Fsp3) is 0.250. The van der Waals surface area contributed by atoms with Gasteiger partial charge in [-0.15, -0.1) is 11.8 Å². The lowest BCUT2D eigenvalue weighted by atomic mass is 10.1. The van der Waals surface area contributed by atoms with E-state index in [9.17, 15) is 14.4 Å². The first-order chi connectivity index (χ1) is 13.0. The summed E-state index contributed by atoms with van der Waals surface area (Å²) in [5, 5.41) is 2.76. The number of nitrogens with one attached hydrogen (secondary N) is 1. The van der Waals surface area contributed by atoms with Crippen LogP contribution in [0.4, 0.5) is 5.69 Å². The molecule has 0 saturated heterocycles. The quantitative estimate of drug-likeness (QED) is 0.450. The van der Waals surface area contributed by atoms with Crippen LogP contribution < -0.4 is 10.1 Å². The molecule has 1 aliphatic heterocycles. The molecule has 3 rings (SSSR count). The van der Waals surface area contributed by atoms with Gasteiger partial charge >= 0.3 is 0 Å². The molecule has 1 aliphatic rings. The highest BCUT2D eigenvalue weighted by atomic mass is 32.2. The van der Waals surface area contributed by atoms with Crippen molar-refractivity contribution in [2.45, 2.75) is 17.7 Å². The highest BCUT2D eigenvalue weighted by Crippen LogP contribution is 2.28. The largest absolute Gasteiger partial charge is 0.497 e. The van der Waals surface area contributed by atoms with E-state index in [0.29, 0.717) is 24.1 Å². The number of thioether (sulfide) groups is 1. The van der Waals surface area contributed by atoms with Gasteiger partial charge in [-0.25, -0.2) is 0 Å². The molecule has 2 aromatic carbocycles. The number of hydrogen-bond donors (Lipinski definition) is 1. The van der Waals surface area contributed by atoms with Gasteiger partial charge in [0, 0.05) is 18.4 Å². The maximum atomic E-state index is 12.2. The van der Waals surface area contributed by atoms with Crippen molar-refractivity contribution in [3.63, 3.8) is 0 Å². The molecule has 0 unspecified atom stereocenters. The third-order valence-corrected chi connectivity index (χ3v) is 5.37. The number of hydrogen-bond acceptors (Lipinski definition) is 5. The van der Waals surface area contributed by atoms with Crippen molar-refractivity contribution in [3.05, 3.63) is 53.6 Å². The van der Waals surface area contributed by atoms with E-state index in [1.807, 2.05) is 24.3 Å². The molecule has 0 aromatic heterocycles. The molecular weight excluding hydrogens is 364 g/mol. The van der Waals surface area contributed by atoms with Crippen LogP contribution in [-0.4, -0.2) is 42.5 Å². The second-order valence-corrected chi connectivity index (χ2v) is 7.24. The van der Waals surface area contributed by atoms with E-state index in [2.05, 4.69) is 5.32 Å². The summed E-state index contributed by atoms with van der Waals surface area (Å²) in [5.41, 5.74) is 0.990. The zero-order valence-corrected chi connectivity index (χ0v) is 16.0. The summed E-state index contributed by atoms with van der Waals surface area (Å²) in [6.45, 7) is 0. The molecule has 140 valence electrons. The number of benzene rings is 2. The highest BCUT2D eigenvalue weighted by Gasteiger charge is 2.35. The Morgan fingerprint density at radius 3 is 2.56 bits per heavy atom. The topological polar surface area (TPSA) is 75.7 Å². The number of methoxy groups -OCH3 is 1. The van der Waals surface area contributed by atoms with Gasteiger partial charge in [0.25, 0.3) is 11.8 Å². The van der Waals surface area contributed by atoms with Crippen molar-refractivity contribution in [1.29, 1.82) is 0 Å². The average molecular weight is 384 g/mol. The normalized spacial score (nSPS) is 12.9. The number of amides is 3. The van der Waals surface area contributed by atoms with Crippen LogP contribution in [0.25, 0.3) is 0 Å². The fourth-order valence-electron chi connectivity index (χ4n) is 2.81. The smallest absolute Gasteiger partial charge is 0.263 e. The Bertz CT molecular complexity index is 880. The minimum atomic E-state index is -0.388. The summed E-state index contributed by atoms with van der Waals surface area (Å²) >= 11 is 1.67. The van der Waals surface area contributed by atoms with Crippen molar-refractivity contribution in [1.82, 2.24) is 4.90 Å². The second kappa shape index (κ2) is 8.26. The molecule has 0 aliphatic carbocycles. The zero-order chi connectivity index (χ0) is 19.4. The first-order valence-corrected chi connectivity index (χ1v) is 9.52. The van der Waals surface area contributed by atoms with Crippen molar-refractivity contribution < 1.29 is 19.1 Å². The molecule has 0 fully saturated rings. The Balaban J connectivity index is 1.52. The fourth-order valence-corrected chi connectivity index (χ4v) is 3.67. The summed E-state index contributed by atoms with van der Waals surface area (Å²) in [6, 6.07) is 12.7. The maximum absolute atomic E-state index is 12.2. The second-order valence-electron chi connectivity index (χ2n) is 6.07. The minimum absolute atomic E-state index is 0.173. The van der Waals surface area contributed by atoms with Crippen LogP contribution in [0.5, 0.6) is 5.75 Å². The molecule has 0 spiro atoms. The van der Waals surface area contributed by atoms with Crippen molar-refractivity contribution in [2.24, 2.45) is 0 Å². The lowest BCUT2D eigenvalue weighted by molar-refractivity contribution is -0.116. The van der Waals surface area contributed by atoms with Gasteiger partial charge in [-0.1, -0.05) is 6.07 Å². The maximum Gasteiger partial charge on any atom is 0.263 e. The van der Waals surface area contributed by atoms with E-state index < -0.39 is 0 Å². The summed E-state index contributed by atoms with van der Waals surface area (Å²) < 4.78 is 5.13. The minimum Gasteiger partial charge on any atom is -0.497 e. The molecule has 0 radical (unpaired) electrons. The monoisotopic (exact) mass is 384 g/mol. The van der Waals surface area contributed by atoms with Gasteiger partial charge in [0.05, 0.1) is 23.9 Å². The number of rotatable bonds is 7. The van der Waals surface area contributed by atoms with Crippen molar-refractivity contribution >= 4 is 35.2 Å². The van der Waals surface area contributed by atoms with Gasteiger partial charge in [-0.3, -0.25) is 19.3 Å². The van der Waals surface area contributed by atoms with E-state index in [-0.39, 0.29) is 23.3 Å². The van der Waals surface area contributed by atoms with Crippen LogP contribution in [0.2, 0.25) is 0 Å².